The van der Waals surface area contributed by atoms with Crippen LogP contribution in [0.15, 0.2) is 55.1 Å². The number of carbonyl (C=O) groups excluding carboxylic acids is 3. The first kappa shape index (κ1) is 37.0. The molecule has 14 nitrogen and oxygen atoms in total. The number of nitrogens with two attached hydrogens (primary N) is 1. The van der Waals surface area contributed by atoms with Gasteiger partial charge in [0.15, 0.2) is 11.5 Å². The Bertz CT molecular complexity index is 1960. The van der Waals surface area contributed by atoms with E-state index in [9.17, 15) is 24.3 Å². The Balaban J connectivity index is 1.21. The summed E-state index contributed by atoms with van der Waals surface area (Å²) in [6.45, 7) is 7.53. The number of amides is 3. The Morgan fingerprint density at radius 3 is 2.50 bits per heavy atom. The van der Waals surface area contributed by atoms with Crippen molar-refractivity contribution in [3.63, 3.8) is 0 Å². The molecular weight excluding hydrogens is 696 g/mol. The number of rotatable bonds is 13. The van der Waals surface area contributed by atoms with Crippen molar-refractivity contribution in [2.45, 2.75) is 70.4 Å². The van der Waals surface area contributed by atoms with E-state index in [0.29, 0.717) is 28.5 Å². The number of pyridine rings is 1. The normalized spacial score (nSPS) is 25.1. The lowest BCUT2D eigenvalue weighted by molar-refractivity contribution is -0.141. The Labute approximate surface area is 312 Å². The third kappa shape index (κ3) is 7.14. The summed E-state index contributed by atoms with van der Waals surface area (Å²) in [5, 5.41) is 13.7. The van der Waals surface area contributed by atoms with Crippen molar-refractivity contribution in [3.05, 3.63) is 60.7 Å². The highest BCUT2D eigenvalue weighted by atomic mass is 16.7. The third-order valence-electron chi connectivity index (χ3n) is 11.2. The van der Waals surface area contributed by atoms with E-state index in [1.165, 1.54) is 4.90 Å². The van der Waals surface area contributed by atoms with Gasteiger partial charge >= 0.3 is 12.1 Å². The molecule has 4 N–H and O–H groups in total. The first-order valence-corrected chi connectivity index (χ1v) is 18.4. The molecule has 7 rings (SSSR count). The van der Waals surface area contributed by atoms with Gasteiger partial charge in [0.05, 0.1) is 36.9 Å². The van der Waals surface area contributed by atoms with Crippen molar-refractivity contribution in [3.8, 4) is 28.5 Å². The van der Waals surface area contributed by atoms with E-state index in [1.807, 2.05) is 42.5 Å². The maximum atomic E-state index is 14.4. The molecule has 2 aliphatic heterocycles. The minimum Gasteiger partial charge on any atom is -0.497 e. The van der Waals surface area contributed by atoms with Gasteiger partial charge in [-0.1, -0.05) is 19.9 Å². The highest BCUT2D eigenvalue weighted by molar-refractivity contribution is 5.92. The van der Waals surface area contributed by atoms with Gasteiger partial charge < -0.3 is 44.7 Å². The maximum Gasteiger partial charge on any atom is 0.408 e. The fourth-order valence-electron chi connectivity index (χ4n) is 8.46. The number of primary amides is 1. The van der Waals surface area contributed by atoms with Crippen LogP contribution in [0.2, 0.25) is 0 Å². The van der Waals surface area contributed by atoms with Crippen LogP contribution in [-0.4, -0.2) is 83.6 Å². The predicted molar refractivity (Wildman–Crippen MR) is 195 cm³/mol. The molecule has 4 aliphatic rings. The second-order valence-corrected chi connectivity index (χ2v) is 14.8. The minimum atomic E-state index is -1.20. The van der Waals surface area contributed by atoms with Gasteiger partial charge in [0, 0.05) is 29.5 Å². The zero-order valence-corrected chi connectivity index (χ0v) is 30.6. The average Bonchev–Trinajstić information content (AvgIpc) is 3.52. The number of hydrogen-bond donors (Lipinski definition) is 3. The molecule has 3 fully saturated rings. The molecule has 1 aromatic heterocycles. The molecule has 7 atom stereocenters. The number of alkyl carbamates (subject to hydrolysis) is 1. The molecule has 3 unspecified atom stereocenters. The number of hydrogen-bond acceptors (Lipinski definition) is 10. The van der Waals surface area contributed by atoms with Crippen LogP contribution in [0.4, 0.5) is 4.79 Å². The predicted octanol–water partition coefficient (Wildman–Crippen LogP) is 4.66. The molecule has 3 aromatic rings. The van der Waals surface area contributed by atoms with Gasteiger partial charge in [-0.05, 0) is 85.4 Å². The van der Waals surface area contributed by atoms with E-state index in [4.69, 9.17) is 34.4 Å². The third-order valence-corrected chi connectivity index (χ3v) is 11.2. The summed E-state index contributed by atoms with van der Waals surface area (Å²) >= 11 is 0. The van der Waals surface area contributed by atoms with E-state index in [0.717, 1.165) is 42.2 Å². The zero-order valence-electron chi connectivity index (χ0n) is 30.6. The van der Waals surface area contributed by atoms with E-state index in [-0.39, 0.29) is 32.0 Å². The molecular formula is C40H46N4O10. The molecule has 2 aliphatic carbocycles. The second kappa shape index (κ2) is 15.2. The van der Waals surface area contributed by atoms with E-state index >= 15 is 0 Å². The summed E-state index contributed by atoms with van der Waals surface area (Å²) < 4.78 is 28.9. The Kier molecular flexibility index (Phi) is 10.4. The van der Waals surface area contributed by atoms with Crippen LogP contribution in [0, 0.1) is 29.6 Å². The molecule has 1 saturated heterocycles. The minimum absolute atomic E-state index is 0.0281. The smallest absolute Gasteiger partial charge is 0.408 e. The van der Waals surface area contributed by atoms with E-state index < -0.39 is 65.7 Å². The number of allylic oxidation sites excluding steroid dienone is 1. The van der Waals surface area contributed by atoms with Crippen LogP contribution >= 0.6 is 0 Å². The number of ether oxygens (including phenoxy) is 5. The lowest BCUT2D eigenvalue weighted by Crippen LogP contribution is -2.56. The molecule has 3 amide bonds. The monoisotopic (exact) mass is 742 g/mol. The number of carboxylic acids is 1. The molecule has 3 heterocycles. The summed E-state index contributed by atoms with van der Waals surface area (Å²) in [6.07, 6.45) is 3.32. The highest BCUT2D eigenvalue weighted by Gasteiger charge is 2.64. The first-order valence-electron chi connectivity index (χ1n) is 18.4. The zero-order chi connectivity index (χ0) is 38.3. The first-order chi connectivity index (χ1) is 26.0. The van der Waals surface area contributed by atoms with Gasteiger partial charge in [0.25, 0.3) is 0 Å². The number of carboxylic acid groups (broad SMARTS) is 1. The van der Waals surface area contributed by atoms with E-state index in [1.54, 1.807) is 27.0 Å². The van der Waals surface area contributed by atoms with Crippen molar-refractivity contribution in [1.29, 1.82) is 0 Å². The molecule has 54 heavy (non-hydrogen) atoms. The number of carbonyl (C=O) groups is 4. The van der Waals surface area contributed by atoms with Gasteiger partial charge in [0.2, 0.25) is 18.6 Å². The number of nitrogens with zero attached hydrogens (tertiary/aromatic N) is 2. The number of fused-ring (bicyclic) bond motifs is 2. The fourth-order valence-corrected chi connectivity index (χ4v) is 8.46. The maximum absolute atomic E-state index is 14.4. The lowest BCUT2D eigenvalue weighted by Gasteiger charge is -2.31. The molecule has 0 spiro atoms. The standard InChI is InChI=1S/C40H46N4O10/c1-5-25-32(33(25)39(47)48)34-31(17-44(36(34)37(41)45)38(46)35(20(2)3)43-40(49)54-23-8-6-7-9-23)51-18-22-14-27(21-10-13-29-30(15-21)53-19-52-29)42-28-16-24(50-4)11-12-26(22)28/h5,10-16,20,23,25,31-36H,1,6-9,17-19H2,2-4H3,(H2,41,45)(H,43,49)(H,47,48)/t25-,31?,32?,33-,34?,35+,36+/m1/s1. The van der Waals surface area contributed by atoms with Crippen molar-refractivity contribution in [2.24, 2.45) is 35.3 Å². The summed E-state index contributed by atoms with van der Waals surface area (Å²) in [5.41, 5.74) is 8.88. The van der Waals surface area contributed by atoms with Gasteiger partial charge in [-0.3, -0.25) is 14.4 Å². The largest absolute Gasteiger partial charge is 0.497 e. The van der Waals surface area contributed by atoms with Gasteiger partial charge in [0.1, 0.15) is 23.9 Å². The highest BCUT2D eigenvalue weighted by Crippen LogP contribution is 2.56. The van der Waals surface area contributed by atoms with Crippen LogP contribution in [0.3, 0.4) is 0 Å². The number of nitrogens with one attached hydrogen (secondary N) is 1. The second-order valence-electron chi connectivity index (χ2n) is 14.8. The van der Waals surface area contributed by atoms with Crippen molar-refractivity contribution in [2.75, 3.05) is 20.4 Å². The summed E-state index contributed by atoms with van der Waals surface area (Å²) in [7, 11) is 1.58. The van der Waals surface area contributed by atoms with Gasteiger partial charge in [-0.15, -0.1) is 6.58 Å². The van der Waals surface area contributed by atoms with Crippen LogP contribution in [-0.2, 0) is 30.5 Å². The number of likely N-dealkylation sites (tertiary alicyclic amines) is 1. The van der Waals surface area contributed by atoms with Crippen LogP contribution < -0.4 is 25.3 Å². The topological polar surface area (TPSA) is 189 Å². The van der Waals surface area contributed by atoms with Crippen LogP contribution in [0.5, 0.6) is 17.2 Å². The molecule has 2 saturated carbocycles. The van der Waals surface area contributed by atoms with E-state index in [2.05, 4.69) is 11.9 Å². The Hall–Kier alpha value is -5.37. The number of benzene rings is 2. The van der Waals surface area contributed by atoms with Crippen LogP contribution in [0.1, 0.15) is 45.1 Å². The quantitative estimate of drug-likeness (QED) is 0.207. The average molecular weight is 743 g/mol. The summed E-state index contributed by atoms with van der Waals surface area (Å²) in [4.78, 5) is 59.4. The number of aromatic nitrogens is 1. The van der Waals surface area contributed by atoms with Crippen molar-refractivity contribution < 1.29 is 48.0 Å². The Morgan fingerprint density at radius 1 is 1.07 bits per heavy atom. The number of methoxy groups -OCH3 is 1. The summed E-state index contributed by atoms with van der Waals surface area (Å²) in [6, 6.07) is 10.8. The SMILES string of the molecule is C=C[C@@H]1C(C2C(OCc3cc(-c4ccc5c(c4)OCO5)nc4cc(OC)ccc34)CN(C(=O)[C@@H](NC(=O)OC3CCCC3)C(C)C)[C@@H]2C(N)=O)[C@@H]1C(=O)O. The van der Waals surface area contributed by atoms with Crippen molar-refractivity contribution >= 4 is 34.8 Å². The van der Waals surface area contributed by atoms with Crippen LogP contribution in [0.25, 0.3) is 22.2 Å². The molecule has 0 bridgehead atoms. The van der Waals surface area contributed by atoms with Crippen molar-refractivity contribution in [1.82, 2.24) is 15.2 Å². The van der Waals surface area contributed by atoms with Gasteiger partial charge in [-0.25, -0.2) is 9.78 Å². The molecule has 14 heteroatoms. The lowest BCUT2D eigenvalue weighted by atomic mass is 9.89. The Morgan fingerprint density at radius 2 is 1.83 bits per heavy atom. The molecule has 2 aromatic carbocycles. The fraction of sp³-hybridized carbons (Fsp3) is 0.475. The number of aliphatic carboxylic acids is 1. The summed E-state index contributed by atoms with van der Waals surface area (Å²) in [5.74, 6) is -3.49. The molecule has 0 radical (unpaired) electrons. The molecule has 286 valence electrons. The van der Waals surface area contributed by atoms with Gasteiger partial charge in [-0.2, -0.15) is 0 Å².